The summed E-state index contributed by atoms with van der Waals surface area (Å²) < 4.78 is 57.9. The highest BCUT2D eigenvalue weighted by atomic mass is 19.4. The number of halogens is 4. The van der Waals surface area contributed by atoms with Crippen molar-refractivity contribution < 1.29 is 22.4 Å². The van der Waals surface area contributed by atoms with E-state index in [9.17, 15) is 22.4 Å². The van der Waals surface area contributed by atoms with Gasteiger partial charge < -0.3 is 21.3 Å². The van der Waals surface area contributed by atoms with Gasteiger partial charge in [-0.15, -0.1) is 0 Å². The largest absolute Gasteiger partial charge is 0.393 e. The summed E-state index contributed by atoms with van der Waals surface area (Å²) in [5.74, 6) is 5.74. The standard InChI is InChI=1S/C26H32F4N8O/c1-16(2)14-37-24(31)18(13-33-37)25(39)32-10-5-6-20-17(12-26(28,29)30)22-7-4-8-23(38(22)35-20)34-21-9-11-36(3)15-19(21)27/h4,7-8,13,16,19,21,34H,9-12,14-15,31H2,1-3H3,(H,32,39)/t19-,21+/m0/s1. The molecule has 1 aliphatic rings. The van der Waals surface area contributed by atoms with Crippen molar-refractivity contribution in [3.8, 4) is 11.8 Å². The fourth-order valence-electron chi connectivity index (χ4n) is 4.52. The van der Waals surface area contributed by atoms with E-state index in [1.807, 2.05) is 25.8 Å². The highest BCUT2D eigenvalue weighted by Crippen LogP contribution is 2.28. The van der Waals surface area contributed by atoms with Gasteiger partial charge in [0.25, 0.3) is 5.91 Å². The molecule has 4 N–H and O–H groups in total. The van der Waals surface area contributed by atoms with Gasteiger partial charge in [-0.25, -0.2) is 13.6 Å². The molecule has 1 saturated heterocycles. The summed E-state index contributed by atoms with van der Waals surface area (Å²) in [4.78, 5) is 14.4. The molecular weight excluding hydrogens is 516 g/mol. The fourth-order valence-corrected chi connectivity index (χ4v) is 4.52. The van der Waals surface area contributed by atoms with Gasteiger partial charge in [0.1, 0.15) is 29.1 Å². The molecule has 2 atom stereocenters. The van der Waals surface area contributed by atoms with Crippen LogP contribution in [0.25, 0.3) is 5.52 Å². The van der Waals surface area contributed by atoms with Crippen LogP contribution in [0.3, 0.4) is 0 Å². The predicted octanol–water partition coefficient (Wildman–Crippen LogP) is 3.11. The number of piperidine rings is 1. The highest BCUT2D eigenvalue weighted by Gasteiger charge is 2.32. The Bertz CT molecular complexity index is 1380. The molecule has 1 fully saturated rings. The molecular formula is C26H32F4N8O. The van der Waals surface area contributed by atoms with Crippen LogP contribution in [0.4, 0.5) is 29.2 Å². The Hall–Kier alpha value is -3.79. The van der Waals surface area contributed by atoms with E-state index in [2.05, 4.69) is 32.7 Å². The molecule has 39 heavy (non-hydrogen) atoms. The number of fused-ring (bicyclic) bond motifs is 1. The number of alkyl halides is 4. The van der Waals surface area contributed by atoms with Gasteiger partial charge >= 0.3 is 6.18 Å². The summed E-state index contributed by atoms with van der Waals surface area (Å²) in [6.45, 7) is 5.35. The molecule has 0 spiro atoms. The quantitative estimate of drug-likeness (QED) is 0.310. The Morgan fingerprint density at radius 2 is 2.08 bits per heavy atom. The molecule has 9 nitrogen and oxygen atoms in total. The lowest BCUT2D eigenvalue weighted by Gasteiger charge is -2.33. The van der Waals surface area contributed by atoms with E-state index in [0.717, 1.165) is 0 Å². The van der Waals surface area contributed by atoms with Gasteiger partial charge in [0.2, 0.25) is 0 Å². The molecule has 1 amide bonds. The second kappa shape index (κ2) is 11.5. The summed E-state index contributed by atoms with van der Waals surface area (Å²) in [7, 11) is 1.84. The van der Waals surface area contributed by atoms with Crippen molar-refractivity contribution in [1.82, 2.24) is 29.6 Å². The zero-order valence-electron chi connectivity index (χ0n) is 22.0. The lowest BCUT2D eigenvalue weighted by Crippen LogP contribution is -2.46. The van der Waals surface area contributed by atoms with Crippen molar-refractivity contribution in [3.05, 3.63) is 41.2 Å². The monoisotopic (exact) mass is 548 g/mol. The fraction of sp³-hybridized carbons (Fsp3) is 0.500. The van der Waals surface area contributed by atoms with Crippen molar-refractivity contribution in [2.45, 2.75) is 51.6 Å². The van der Waals surface area contributed by atoms with E-state index in [-0.39, 0.29) is 47.2 Å². The van der Waals surface area contributed by atoms with Gasteiger partial charge in [0, 0.05) is 25.2 Å². The lowest BCUT2D eigenvalue weighted by atomic mass is 10.0. The number of nitrogens with two attached hydrogens (primary N) is 1. The average Bonchev–Trinajstić information content (AvgIpc) is 3.37. The molecule has 0 bridgehead atoms. The number of nitrogen functional groups attached to an aromatic ring is 1. The smallest absolute Gasteiger partial charge is 0.383 e. The molecule has 0 aromatic carbocycles. The van der Waals surface area contributed by atoms with Crippen molar-refractivity contribution in [3.63, 3.8) is 0 Å². The third-order valence-electron chi connectivity index (χ3n) is 6.42. The van der Waals surface area contributed by atoms with Crippen LogP contribution >= 0.6 is 0 Å². The number of hydrogen-bond acceptors (Lipinski definition) is 6. The van der Waals surface area contributed by atoms with E-state index >= 15 is 0 Å². The molecule has 0 saturated carbocycles. The molecule has 0 unspecified atom stereocenters. The van der Waals surface area contributed by atoms with Crippen LogP contribution in [0.5, 0.6) is 0 Å². The van der Waals surface area contributed by atoms with E-state index < -0.39 is 30.7 Å². The number of hydrogen-bond donors (Lipinski definition) is 3. The van der Waals surface area contributed by atoms with Crippen LogP contribution in [-0.4, -0.2) is 75.3 Å². The number of aromatic nitrogens is 4. The first-order chi connectivity index (χ1) is 18.4. The molecule has 210 valence electrons. The Labute approximate surface area is 223 Å². The van der Waals surface area contributed by atoms with Gasteiger partial charge in [0.15, 0.2) is 0 Å². The Kier molecular flexibility index (Phi) is 8.34. The van der Waals surface area contributed by atoms with Crippen LogP contribution < -0.4 is 16.4 Å². The minimum Gasteiger partial charge on any atom is -0.383 e. The third kappa shape index (κ3) is 6.81. The van der Waals surface area contributed by atoms with Crippen LogP contribution in [0.1, 0.15) is 41.9 Å². The third-order valence-corrected chi connectivity index (χ3v) is 6.42. The summed E-state index contributed by atoms with van der Waals surface area (Å²) in [5.41, 5.74) is 6.27. The van der Waals surface area contributed by atoms with Gasteiger partial charge in [-0.1, -0.05) is 25.8 Å². The maximum absolute atomic E-state index is 14.6. The second-order valence-corrected chi connectivity index (χ2v) is 10.1. The molecule has 3 aromatic rings. The number of pyridine rings is 1. The number of amides is 1. The van der Waals surface area contributed by atoms with Crippen LogP contribution in [0.15, 0.2) is 24.4 Å². The summed E-state index contributed by atoms with van der Waals surface area (Å²) >= 11 is 0. The summed E-state index contributed by atoms with van der Waals surface area (Å²) in [6.07, 6.45) is -4.97. The molecule has 0 aliphatic carbocycles. The predicted molar refractivity (Wildman–Crippen MR) is 140 cm³/mol. The molecule has 3 aromatic heterocycles. The van der Waals surface area contributed by atoms with Crippen LogP contribution in [0, 0.1) is 17.8 Å². The van der Waals surface area contributed by atoms with E-state index in [4.69, 9.17) is 5.73 Å². The topological polar surface area (TPSA) is 106 Å². The second-order valence-electron chi connectivity index (χ2n) is 10.1. The number of rotatable bonds is 7. The molecule has 13 heteroatoms. The molecule has 4 heterocycles. The summed E-state index contributed by atoms with van der Waals surface area (Å²) in [5, 5.41) is 14.1. The van der Waals surface area contributed by atoms with Crippen LogP contribution in [-0.2, 0) is 13.0 Å². The Morgan fingerprint density at radius 1 is 1.31 bits per heavy atom. The van der Waals surface area contributed by atoms with Crippen LogP contribution in [0.2, 0.25) is 0 Å². The Balaban J connectivity index is 1.55. The van der Waals surface area contributed by atoms with Crippen molar-refractivity contribution >= 4 is 23.1 Å². The molecule has 4 rings (SSSR count). The maximum Gasteiger partial charge on any atom is 0.393 e. The van der Waals surface area contributed by atoms with E-state index in [1.54, 1.807) is 12.1 Å². The van der Waals surface area contributed by atoms with Gasteiger partial charge in [-0.2, -0.15) is 23.4 Å². The van der Waals surface area contributed by atoms with Gasteiger partial charge in [-0.3, -0.25) is 4.79 Å². The molecule has 1 aliphatic heterocycles. The first kappa shape index (κ1) is 28.2. The average molecular weight is 549 g/mol. The number of carbonyl (C=O) groups is 1. The number of likely N-dealkylation sites (tertiary alicyclic amines) is 1. The highest BCUT2D eigenvalue weighted by molar-refractivity contribution is 5.98. The minimum atomic E-state index is -4.50. The van der Waals surface area contributed by atoms with Crippen molar-refractivity contribution in [2.75, 3.05) is 37.7 Å². The normalized spacial score (nSPS) is 18.3. The Morgan fingerprint density at radius 3 is 2.77 bits per heavy atom. The molecule has 0 radical (unpaired) electrons. The number of anilines is 2. The SMILES string of the molecule is CC(C)Cn1ncc(C(=O)NCC#Cc2nn3c(N[C@@H]4CCN(C)C[C@@H]4F)cccc3c2CC(F)(F)F)c1N. The number of carbonyl (C=O) groups excluding carboxylic acids is 1. The van der Waals surface area contributed by atoms with Gasteiger partial charge in [-0.05, 0) is 37.4 Å². The minimum absolute atomic E-state index is 0.0692. The zero-order valence-corrected chi connectivity index (χ0v) is 22.0. The van der Waals surface area contributed by atoms with Gasteiger partial charge in [0.05, 0.1) is 30.7 Å². The van der Waals surface area contributed by atoms with E-state index in [1.165, 1.54) is 21.5 Å². The number of nitrogens with one attached hydrogen (secondary N) is 2. The number of nitrogens with zero attached hydrogens (tertiary/aromatic N) is 5. The summed E-state index contributed by atoms with van der Waals surface area (Å²) in [6, 6.07) is 4.27. The van der Waals surface area contributed by atoms with E-state index in [0.29, 0.717) is 25.3 Å². The first-order valence-corrected chi connectivity index (χ1v) is 12.7. The maximum atomic E-state index is 14.6. The van der Waals surface area contributed by atoms with Crippen molar-refractivity contribution in [1.29, 1.82) is 0 Å². The lowest BCUT2D eigenvalue weighted by molar-refractivity contribution is -0.127. The zero-order chi connectivity index (χ0) is 28.3. The van der Waals surface area contributed by atoms with Crippen molar-refractivity contribution in [2.24, 2.45) is 5.92 Å². The first-order valence-electron chi connectivity index (χ1n) is 12.7.